The number of carbonyl (C=O) groups excluding carboxylic acids is 6. The van der Waals surface area contributed by atoms with Crippen LogP contribution in [0.2, 0.25) is 0 Å². The summed E-state index contributed by atoms with van der Waals surface area (Å²) in [5.74, 6) is -7.52. The molecule has 0 aromatic carbocycles. The number of unbranched alkanes of at least 4 members (excludes halogenated alkanes) is 4. The Bertz CT molecular complexity index is 1370. The van der Waals surface area contributed by atoms with Crippen molar-refractivity contribution >= 4 is 35.8 Å². The fraction of sp³-hybridized carbons (Fsp3) is 0.722. The SMILES string of the molecule is CCCCCCCC(=O)OCC1=CC2OC(=O)C(C)C2(O)C(OC(C)=O)C2C(C)(O)C(OC(C)=O)CC(OC(C)=O)C2(C)C(OC(C)=O)C=C1. The second kappa shape index (κ2) is 16.5. The third kappa shape index (κ3) is 8.74. The molecule has 14 heteroatoms. The van der Waals surface area contributed by atoms with Crippen LogP contribution < -0.4 is 0 Å². The van der Waals surface area contributed by atoms with Crippen molar-refractivity contribution in [2.75, 3.05) is 6.61 Å². The van der Waals surface area contributed by atoms with E-state index in [1.54, 1.807) is 0 Å². The number of esters is 6. The van der Waals surface area contributed by atoms with Crippen LogP contribution in [0.25, 0.3) is 0 Å². The maximum atomic E-state index is 13.2. The zero-order valence-electron chi connectivity index (χ0n) is 30.2. The Balaban J connectivity index is 2.30. The first-order valence-electron chi connectivity index (χ1n) is 17.2. The standard InChI is InChI=1S/C36H52O14/c1-9-10-11-12-13-14-30(41)45-19-25-15-16-26(46-21(3)37)34(7)27(47-22(4)38)18-28(48-23(5)39)35(8,43)31(34)32(49-24(6)40)36(44)20(2)33(42)50-29(36)17-25/h15-17,20,26-29,31-32,43-44H,9-14,18-19H2,1-8H3. The minimum absolute atomic E-state index is 0.174. The Morgan fingerprint density at radius 3 is 2.02 bits per heavy atom. The third-order valence-corrected chi connectivity index (χ3v) is 10.1. The number of ether oxygens (including phenoxy) is 6. The van der Waals surface area contributed by atoms with Gasteiger partial charge in [0.25, 0.3) is 0 Å². The van der Waals surface area contributed by atoms with Gasteiger partial charge >= 0.3 is 35.8 Å². The molecule has 280 valence electrons. The molecule has 2 N–H and O–H groups in total. The van der Waals surface area contributed by atoms with Crippen molar-refractivity contribution in [3.63, 3.8) is 0 Å². The smallest absolute Gasteiger partial charge is 0.312 e. The fourth-order valence-corrected chi connectivity index (χ4v) is 7.61. The molecule has 0 radical (unpaired) electrons. The van der Waals surface area contributed by atoms with Crippen LogP contribution in [-0.2, 0) is 57.2 Å². The molecular weight excluding hydrogens is 656 g/mol. The van der Waals surface area contributed by atoms with Crippen molar-refractivity contribution < 1.29 is 67.4 Å². The topological polar surface area (TPSA) is 198 Å². The zero-order valence-corrected chi connectivity index (χ0v) is 30.2. The van der Waals surface area contributed by atoms with Gasteiger partial charge in [0.1, 0.15) is 36.6 Å². The van der Waals surface area contributed by atoms with E-state index in [4.69, 9.17) is 28.4 Å². The molecule has 0 aromatic rings. The highest BCUT2D eigenvalue weighted by molar-refractivity contribution is 5.78. The summed E-state index contributed by atoms with van der Waals surface area (Å²) in [6, 6.07) is 0. The fourth-order valence-electron chi connectivity index (χ4n) is 7.61. The molecule has 0 bridgehead atoms. The lowest BCUT2D eigenvalue weighted by atomic mass is 9.51. The van der Waals surface area contributed by atoms with Crippen LogP contribution in [0.5, 0.6) is 0 Å². The number of fused-ring (bicyclic) bond motifs is 2. The summed E-state index contributed by atoms with van der Waals surface area (Å²) in [4.78, 5) is 76.3. The second-order valence-electron chi connectivity index (χ2n) is 14.0. The van der Waals surface area contributed by atoms with Gasteiger partial charge < -0.3 is 38.6 Å². The van der Waals surface area contributed by atoms with Crippen LogP contribution in [0, 0.1) is 17.3 Å². The van der Waals surface area contributed by atoms with E-state index >= 15 is 0 Å². The summed E-state index contributed by atoms with van der Waals surface area (Å²) in [6.45, 7) is 10.4. The van der Waals surface area contributed by atoms with E-state index in [0.717, 1.165) is 53.4 Å². The molecule has 1 heterocycles. The largest absolute Gasteiger partial charge is 0.462 e. The van der Waals surface area contributed by atoms with Crippen molar-refractivity contribution in [2.24, 2.45) is 17.3 Å². The number of carbonyl (C=O) groups is 6. The minimum atomic E-state index is -2.42. The molecule has 2 aliphatic carbocycles. The molecule has 2 fully saturated rings. The van der Waals surface area contributed by atoms with E-state index in [-0.39, 0.29) is 25.0 Å². The summed E-state index contributed by atoms with van der Waals surface area (Å²) in [7, 11) is 0. The van der Waals surface area contributed by atoms with Crippen molar-refractivity contribution in [3.8, 4) is 0 Å². The maximum Gasteiger partial charge on any atom is 0.312 e. The molecule has 1 saturated carbocycles. The van der Waals surface area contributed by atoms with E-state index in [9.17, 15) is 39.0 Å². The monoisotopic (exact) mass is 708 g/mol. The van der Waals surface area contributed by atoms with Crippen molar-refractivity contribution in [1.29, 1.82) is 0 Å². The Morgan fingerprint density at radius 1 is 0.860 bits per heavy atom. The summed E-state index contributed by atoms with van der Waals surface area (Å²) < 4.78 is 34.2. The van der Waals surface area contributed by atoms with Crippen molar-refractivity contribution in [1.82, 2.24) is 0 Å². The molecule has 14 nitrogen and oxygen atoms in total. The van der Waals surface area contributed by atoms with E-state index in [2.05, 4.69) is 6.92 Å². The minimum Gasteiger partial charge on any atom is -0.462 e. The van der Waals surface area contributed by atoms with Gasteiger partial charge in [-0.05, 0) is 38.0 Å². The van der Waals surface area contributed by atoms with E-state index in [1.807, 2.05) is 0 Å². The van der Waals surface area contributed by atoms with Gasteiger partial charge in [0, 0.05) is 46.5 Å². The van der Waals surface area contributed by atoms with E-state index in [0.29, 0.717) is 6.42 Å². The number of hydrogen-bond acceptors (Lipinski definition) is 14. The van der Waals surface area contributed by atoms with Crippen LogP contribution >= 0.6 is 0 Å². The van der Waals surface area contributed by atoms with Gasteiger partial charge in [0.05, 0.1) is 11.3 Å². The number of aliphatic hydroxyl groups is 2. The molecule has 1 saturated heterocycles. The van der Waals surface area contributed by atoms with Gasteiger partial charge in [0.15, 0.2) is 11.7 Å². The van der Waals surface area contributed by atoms with Gasteiger partial charge in [-0.15, -0.1) is 0 Å². The first kappa shape index (κ1) is 40.6. The van der Waals surface area contributed by atoms with Crippen LogP contribution in [0.1, 0.15) is 100 Å². The summed E-state index contributed by atoms with van der Waals surface area (Å²) in [5, 5.41) is 25.1. The van der Waals surface area contributed by atoms with Gasteiger partial charge in [0.2, 0.25) is 0 Å². The van der Waals surface area contributed by atoms with Crippen molar-refractivity contribution in [3.05, 3.63) is 23.8 Å². The number of rotatable bonds is 12. The highest BCUT2D eigenvalue weighted by atomic mass is 16.6. The highest BCUT2D eigenvalue weighted by Gasteiger charge is 2.72. The van der Waals surface area contributed by atoms with Gasteiger partial charge in [-0.25, -0.2) is 0 Å². The van der Waals surface area contributed by atoms with Crippen LogP contribution in [0.3, 0.4) is 0 Å². The van der Waals surface area contributed by atoms with E-state index < -0.39 is 94.8 Å². The molecule has 0 aromatic heterocycles. The molecule has 0 spiro atoms. The van der Waals surface area contributed by atoms with Crippen LogP contribution in [0.4, 0.5) is 0 Å². The normalized spacial score (nSPS) is 35.0. The molecule has 10 atom stereocenters. The van der Waals surface area contributed by atoms with Gasteiger partial charge in [-0.1, -0.05) is 45.6 Å². The highest BCUT2D eigenvalue weighted by Crippen LogP contribution is 2.58. The first-order chi connectivity index (χ1) is 23.3. The lowest BCUT2D eigenvalue weighted by Gasteiger charge is -2.60. The second-order valence-corrected chi connectivity index (χ2v) is 14.0. The Kier molecular flexibility index (Phi) is 13.4. The van der Waals surface area contributed by atoms with Crippen LogP contribution in [0.15, 0.2) is 23.8 Å². The average Bonchev–Trinajstić information content (AvgIpc) is 3.22. The Labute approximate surface area is 292 Å². The number of hydrogen-bond donors (Lipinski definition) is 2. The van der Waals surface area contributed by atoms with Crippen molar-refractivity contribution in [2.45, 2.75) is 142 Å². The predicted octanol–water partition coefficient (Wildman–Crippen LogP) is 3.18. The molecule has 10 unspecified atom stereocenters. The maximum absolute atomic E-state index is 13.2. The zero-order chi connectivity index (χ0) is 37.6. The molecule has 50 heavy (non-hydrogen) atoms. The molecule has 3 aliphatic rings. The lowest BCUT2D eigenvalue weighted by Crippen LogP contribution is -2.74. The molecule has 0 amide bonds. The Morgan fingerprint density at radius 2 is 1.44 bits per heavy atom. The molecule has 3 rings (SSSR count). The van der Waals surface area contributed by atoms with E-state index in [1.165, 1.54) is 39.0 Å². The molecule has 1 aliphatic heterocycles. The third-order valence-electron chi connectivity index (χ3n) is 10.1. The summed E-state index contributed by atoms with van der Waals surface area (Å²) >= 11 is 0. The molecular formula is C36H52O14. The van der Waals surface area contributed by atoms with Crippen LogP contribution in [-0.4, -0.2) is 94.4 Å². The average molecular weight is 709 g/mol. The summed E-state index contributed by atoms with van der Waals surface area (Å²) in [5.41, 5.74) is -6.12. The first-order valence-corrected chi connectivity index (χ1v) is 17.2. The summed E-state index contributed by atoms with van der Waals surface area (Å²) in [6.07, 6.45) is 1.32. The predicted molar refractivity (Wildman–Crippen MR) is 175 cm³/mol. The quantitative estimate of drug-likeness (QED) is 0.170. The lowest BCUT2D eigenvalue weighted by molar-refractivity contribution is -0.286. The van der Waals surface area contributed by atoms with Gasteiger partial charge in [-0.2, -0.15) is 0 Å². The Hall–Kier alpha value is -3.78. The van der Waals surface area contributed by atoms with Gasteiger partial charge in [-0.3, -0.25) is 28.8 Å².